The molecule has 0 saturated carbocycles. The van der Waals surface area contributed by atoms with Crippen LogP contribution in [0, 0.1) is 3.57 Å². The average molecular weight is 364 g/mol. The Hall–Kier alpha value is -0.430. The van der Waals surface area contributed by atoms with E-state index in [1.165, 1.54) is 0 Å². The molecule has 0 aliphatic rings. The minimum atomic E-state index is -0.552. The highest BCUT2D eigenvalue weighted by molar-refractivity contribution is 14.1. The zero-order valence-electron chi connectivity index (χ0n) is 11.8. The van der Waals surface area contributed by atoms with Crippen LogP contribution in [0.25, 0.3) is 0 Å². The van der Waals surface area contributed by atoms with E-state index in [2.05, 4.69) is 53.3 Å². The van der Waals surface area contributed by atoms with E-state index in [4.69, 9.17) is 4.74 Å². The maximum atomic E-state index is 12.0. The summed E-state index contributed by atoms with van der Waals surface area (Å²) < 4.78 is 6.15. The van der Waals surface area contributed by atoms with Crippen LogP contribution in [0.1, 0.15) is 52.6 Å². The molecule has 1 rings (SSSR count). The summed E-state index contributed by atoms with van der Waals surface area (Å²) in [5.74, 6) is 0.600. The zero-order valence-corrected chi connectivity index (χ0v) is 14.0. The van der Waals surface area contributed by atoms with Crippen molar-refractivity contribution < 1.29 is 4.74 Å². The summed E-state index contributed by atoms with van der Waals surface area (Å²) in [4.78, 5) is 19.5. The van der Waals surface area contributed by atoms with Crippen molar-refractivity contribution in [3.63, 3.8) is 0 Å². The molecule has 0 aliphatic heterocycles. The standard InChI is InChI=1S/C13H21IN2O2/c1-7-13(5,18-6)11-15-9(12(2,3)4)8(14)10(17)16-11/h7H2,1-6H3,(H,15,16,17). The molecule has 0 saturated heterocycles. The smallest absolute Gasteiger partial charge is 0.264 e. The fourth-order valence-electron chi connectivity index (χ4n) is 1.61. The van der Waals surface area contributed by atoms with Gasteiger partial charge >= 0.3 is 0 Å². The fraction of sp³-hybridized carbons (Fsp3) is 0.692. The number of nitrogens with zero attached hydrogens (tertiary/aromatic N) is 1. The van der Waals surface area contributed by atoms with Gasteiger partial charge in [-0.05, 0) is 35.9 Å². The molecule has 1 N–H and O–H groups in total. The summed E-state index contributed by atoms with van der Waals surface area (Å²) in [5, 5.41) is 0. The van der Waals surface area contributed by atoms with E-state index in [0.717, 1.165) is 12.1 Å². The van der Waals surface area contributed by atoms with Crippen molar-refractivity contribution in [3.8, 4) is 0 Å². The van der Waals surface area contributed by atoms with Crippen molar-refractivity contribution in [2.24, 2.45) is 0 Å². The lowest BCUT2D eigenvalue weighted by Crippen LogP contribution is -2.33. The third kappa shape index (κ3) is 2.93. The van der Waals surface area contributed by atoms with Gasteiger partial charge in [-0.25, -0.2) is 4.98 Å². The maximum Gasteiger partial charge on any atom is 0.264 e. The molecule has 0 amide bonds. The number of hydrogen-bond donors (Lipinski definition) is 1. The maximum absolute atomic E-state index is 12.0. The van der Waals surface area contributed by atoms with Crippen molar-refractivity contribution in [2.45, 2.75) is 52.1 Å². The number of nitrogens with one attached hydrogen (secondary N) is 1. The minimum Gasteiger partial charge on any atom is -0.371 e. The molecule has 1 atom stereocenters. The largest absolute Gasteiger partial charge is 0.371 e. The SMILES string of the molecule is CCC(C)(OC)c1nc(C(C)(C)C)c(I)c(=O)[nH]1. The van der Waals surface area contributed by atoms with E-state index in [0.29, 0.717) is 9.39 Å². The molecule has 0 aliphatic carbocycles. The van der Waals surface area contributed by atoms with Gasteiger partial charge in [0.15, 0.2) is 0 Å². The Morgan fingerprint density at radius 3 is 2.28 bits per heavy atom. The van der Waals surface area contributed by atoms with Gasteiger partial charge in [-0.1, -0.05) is 27.7 Å². The molecular weight excluding hydrogens is 343 g/mol. The van der Waals surface area contributed by atoms with Gasteiger partial charge < -0.3 is 9.72 Å². The highest BCUT2D eigenvalue weighted by Crippen LogP contribution is 2.28. The van der Waals surface area contributed by atoms with Crippen molar-refractivity contribution in [1.82, 2.24) is 9.97 Å². The highest BCUT2D eigenvalue weighted by atomic mass is 127. The lowest BCUT2D eigenvalue weighted by atomic mass is 9.91. The lowest BCUT2D eigenvalue weighted by molar-refractivity contribution is -0.00953. The van der Waals surface area contributed by atoms with E-state index in [1.807, 2.05) is 13.8 Å². The molecule has 5 heteroatoms. The molecule has 1 aromatic heterocycles. The summed E-state index contributed by atoms with van der Waals surface area (Å²) in [5.41, 5.74) is 0.00615. The Bertz CT molecular complexity index is 485. The Labute approximate surface area is 122 Å². The number of methoxy groups -OCH3 is 1. The monoisotopic (exact) mass is 364 g/mol. The first-order valence-electron chi connectivity index (χ1n) is 6.01. The van der Waals surface area contributed by atoms with E-state index in [1.54, 1.807) is 7.11 Å². The first kappa shape index (κ1) is 15.6. The molecule has 0 fully saturated rings. The van der Waals surface area contributed by atoms with Gasteiger partial charge in [0.25, 0.3) is 5.56 Å². The third-order valence-electron chi connectivity index (χ3n) is 3.20. The number of aromatic nitrogens is 2. The van der Waals surface area contributed by atoms with Gasteiger partial charge in [0.1, 0.15) is 15.0 Å². The zero-order chi connectivity index (χ0) is 14.1. The number of halogens is 1. The van der Waals surface area contributed by atoms with E-state index < -0.39 is 5.60 Å². The molecule has 1 aromatic rings. The van der Waals surface area contributed by atoms with Crippen LogP contribution in [0.2, 0.25) is 0 Å². The van der Waals surface area contributed by atoms with Crippen LogP contribution in [0.5, 0.6) is 0 Å². The van der Waals surface area contributed by atoms with Crippen LogP contribution in [0.3, 0.4) is 0 Å². The van der Waals surface area contributed by atoms with E-state index >= 15 is 0 Å². The van der Waals surface area contributed by atoms with E-state index in [9.17, 15) is 4.79 Å². The number of H-pyrrole nitrogens is 1. The average Bonchev–Trinajstić information content (AvgIpc) is 2.29. The molecule has 0 bridgehead atoms. The third-order valence-corrected chi connectivity index (χ3v) is 4.20. The summed E-state index contributed by atoms with van der Waals surface area (Å²) in [6.45, 7) is 10.1. The first-order valence-corrected chi connectivity index (χ1v) is 7.09. The Morgan fingerprint density at radius 1 is 1.33 bits per heavy atom. The summed E-state index contributed by atoms with van der Waals surface area (Å²) >= 11 is 2.05. The second-order valence-electron chi connectivity index (χ2n) is 5.62. The molecular formula is C13H21IN2O2. The second-order valence-corrected chi connectivity index (χ2v) is 6.69. The Kier molecular flexibility index (Phi) is 4.59. The number of hydrogen-bond acceptors (Lipinski definition) is 3. The summed E-state index contributed by atoms with van der Waals surface area (Å²) in [6.07, 6.45) is 0.747. The van der Waals surface area contributed by atoms with Crippen molar-refractivity contribution in [3.05, 3.63) is 25.4 Å². The minimum absolute atomic E-state index is 0.0951. The molecule has 0 aromatic carbocycles. The Balaban J connectivity index is 3.52. The van der Waals surface area contributed by atoms with Crippen LogP contribution in [0.4, 0.5) is 0 Å². The van der Waals surface area contributed by atoms with Crippen LogP contribution in [-0.2, 0) is 15.8 Å². The molecule has 1 unspecified atom stereocenters. The quantitative estimate of drug-likeness (QED) is 0.840. The predicted octanol–water partition coefficient (Wildman–Crippen LogP) is 2.94. The molecule has 0 spiro atoms. The fourth-order valence-corrected chi connectivity index (χ4v) is 2.68. The van der Waals surface area contributed by atoms with Crippen LogP contribution in [0.15, 0.2) is 4.79 Å². The highest BCUT2D eigenvalue weighted by Gasteiger charge is 2.30. The van der Waals surface area contributed by atoms with Gasteiger partial charge in [-0.15, -0.1) is 0 Å². The number of aromatic amines is 1. The predicted molar refractivity (Wildman–Crippen MR) is 80.9 cm³/mol. The van der Waals surface area contributed by atoms with Gasteiger partial charge in [-0.2, -0.15) is 0 Å². The second kappa shape index (κ2) is 5.28. The summed E-state index contributed by atoms with van der Waals surface area (Å²) in [6, 6.07) is 0. The topological polar surface area (TPSA) is 55.0 Å². The van der Waals surface area contributed by atoms with E-state index in [-0.39, 0.29) is 11.0 Å². The van der Waals surface area contributed by atoms with Gasteiger partial charge in [0.05, 0.1) is 5.69 Å². The van der Waals surface area contributed by atoms with Crippen LogP contribution in [-0.4, -0.2) is 17.1 Å². The van der Waals surface area contributed by atoms with Gasteiger partial charge in [-0.3, -0.25) is 4.79 Å². The molecule has 4 nitrogen and oxygen atoms in total. The molecule has 0 radical (unpaired) electrons. The first-order chi connectivity index (χ1) is 8.15. The lowest BCUT2D eigenvalue weighted by Gasteiger charge is -2.28. The number of ether oxygens (including phenoxy) is 1. The normalized spacial score (nSPS) is 15.5. The van der Waals surface area contributed by atoms with Gasteiger partial charge in [0, 0.05) is 12.5 Å². The Morgan fingerprint density at radius 2 is 1.89 bits per heavy atom. The van der Waals surface area contributed by atoms with Crippen molar-refractivity contribution in [1.29, 1.82) is 0 Å². The number of rotatable bonds is 3. The van der Waals surface area contributed by atoms with Gasteiger partial charge in [0.2, 0.25) is 0 Å². The molecule has 1 heterocycles. The summed E-state index contributed by atoms with van der Waals surface area (Å²) in [7, 11) is 1.64. The van der Waals surface area contributed by atoms with Crippen LogP contribution < -0.4 is 5.56 Å². The molecule has 102 valence electrons. The van der Waals surface area contributed by atoms with Crippen LogP contribution >= 0.6 is 22.6 Å². The molecule has 18 heavy (non-hydrogen) atoms. The van der Waals surface area contributed by atoms with Crippen molar-refractivity contribution in [2.75, 3.05) is 7.11 Å². The van der Waals surface area contributed by atoms with Crippen molar-refractivity contribution >= 4 is 22.6 Å².